The van der Waals surface area contributed by atoms with E-state index in [9.17, 15) is 24.0 Å². The number of hydrogen-bond acceptors (Lipinski definition) is 6. The van der Waals surface area contributed by atoms with Crippen molar-refractivity contribution < 1.29 is 23.5 Å². The van der Waals surface area contributed by atoms with Crippen LogP contribution in [0.25, 0.3) is 11.1 Å². The van der Waals surface area contributed by atoms with Gasteiger partial charge in [-0.2, -0.15) is 5.26 Å². The number of rotatable bonds is 10. The van der Waals surface area contributed by atoms with Crippen LogP contribution in [-0.4, -0.2) is 36.7 Å². The van der Waals surface area contributed by atoms with Crippen molar-refractivity contribution in [3.8, 4) is 22.9 Å². The topological polar surface area (TPSA) is 136 Å². The van der Waals surface area contributed by atoms with Gasteiger partial charge in [0.25, 0.3) is 11.5 Å². The van der Waals surface area contributed by atoms with Gasteiger partial charge in [-0.1, -0.05) is 11.6 Å². The molecule has 0 spiro atoms. The molecule has 9 nitrogen and oxygen atoms in total. The zero-order valence-corrected chi connectivity index (χ0v) is 20.8. The van der Waals surface area contributed by atoms with Gasteiger partial charge in [-0.25, -0.2) is 4.39 Å². The second-order valence-corrected chi connectivity index (χ2v) is 8.29. The maximum absolute atomic E-state index is 14.2. The first kappa shape index (κ1) is 27.4. The molecule has 37 heavy (non-hydrogen) atoms. The van der Waals surface area contributed by atoms with Gasteiger partial charge in [0.05, 0.1) is 30.5 Å². The number of benzene rings is 2. The molecule has 0 aliphatic carbocycles. The zero-order valence-electron chi connectivity index (χ0n) is 20.1. The van der Waals surface area contributed by atoms with Crippen LogP contribution in [0, 0.1) is 17.1 Å². The molecule has 1 atom stereocenters. The van der Waals surface area contributed by atoms with Crippen LogP contribution in [0.4, 0.5) is 10.1 Å². The van der Waals surface area contributed by atoms with Crippen molar-refractivity contribution in [2.24, 2.45) is 5.73 Å². The van der Waals surface area contributed by atoms with E-state index in [-0.39, 0.29) is 35.6 Å². The fourth-order valence-corrected chi connectivity index (χ4v) is 3.91. The number of anilines is 1. The van der Waals surface area contributed by atoms with Gasteiger partial charge < -0.3 is 20.5 Å². The summed E-state index contributed by atoms with van der Waals surface area (Å²) in [5.41, 5.74) is 5.34. The van der Waals surface area contributed by atoms with Crippen LogP contribution in [0.3, 0.4) is 0 Å². The minimum atomic E-state index is -1.06. The summed E-state index contributed by atoms with van der Waals surface area (Å²) in [5, 5.41) is 12.4. The number of primary amides is 1. The lowest BCUT2D eigenvalue weighted by atomic mass is 10.00. The van der Waals surface area contributed by atoms with E-state index in [4.69, 9.17) is 26.8 Å². The Morgan fingerprint density at radius 2 is 1.97 bits per heavy atom. The Labute approximate surface area is 217 Å². The fraction of sp³-hybridized carbons (Fsp3) is 0.231. The highest BCUT2D eigenvalue weighted by molar-refractivity contribution is 6.31. The molecule has 1 heterocycles. The highest BCUT2D eigenvalue weighted by atomic mass is 35.5. The van der Waals surface area contributed by atoms with Crippen LogP contribution in [-0.2, 0) is 9.53 Å². The van der Waals surface area contributed by atoms with Gasteiger partial charge in [-0.15, -0.1) is 0 Å². The average Bonchev–Trinajstić information content (AvgIpc) is 2.86. The van der Waals surface area contributed by atoms with Crippen LogP contribution in [0.2, 0.25) is 5.02 Å². The maximum atomic E-state index is 14.2. The van der Waals surface area contributed by atoms with E-state index in [1.165, 1.54) is 36.1 Å². The van der Waals surface area contributed by atoms with Gasteiger partial charge >= 0.3 is 0 Å². The monoisotopic (exact) mass is 526 g/mol. The summed E-state index contributed by atoms with van der Waals surface area (Å²) in [6, 6.07) is 10.3. The Balaban J connectivity index is 2.04. The first-order valence-electron chi connectivity index (χ1n) is 11.2. The molecular formula is C26H24ClFN4O5. The number of halogens is 2. The number of carbonyl (C=O) groups excluding carboxylic acids is 2. The fourth-order valence-electron chi connectivity index (χ4n) is 3.74. The van der Waals surface area contributed by atoms with E-state index in [1.807, 2.05) is 0 Å². The number of hydrogen-bond donors (Lipinski definition) is 2. The lowest BCUT2D eigenvalue weighted by Gasteiger charge is -2.21. The van der Waals surface area contributed by atoms with Crippen molar-refractivity contribution in [2.75, 3.05) is 25.6 Å². The Kier molecular flexibility index (Phi) is 9.00. The zero-order chi connectivity index (χ0) is 27.1. The van der Waals surface area contributed by atoms with Gasteiger partial charge in [0, 0.05) is 47.5 Å². The van der Waals surface area contributed by atoms with Gasteiger partial charge in [-0.3, -0.25) is 19.0 Å². The molecule has 1 aromatic heterocycles. The molecule has 192 valence electrons. The molecule has 0 aliphatic rings. The first-order chi connectivity index (χ1) is 17.7. The summed E-state index contributed by atoms with van der Waals surface area (Å²) in [6.45, 7) is 2.35. The molecule has 0 saturated heterocycles. The Hall–Kier alpha value is -4.20. The smallest absolute Gasteiger partial charge is 0.252 e. The number of nitrogens with zero attached hydrogens (tertiary/aromatic N) is 2. The third kappa shape index (κ3) is 6.33. The maximum Gasteiger partial charge on any atom is 0.252 e. The van der Waals surface area contributed by atoms with E-state index in [0.717, 1.165) is 12.1 Å². The van der Waals surface area contributed by atoms with Crippen molar-refractivity contribution >= 4 is 29.1 Å². The summed E-state index contributed by atoms with van der Waals surface area (Å²) in [7, 11) is 1.39. The molecular weight excluding hydrogens is 503 g/mol. The number of nitrogens with one attached hydrogen (secondary N) is 1. The van der Waals surface area contributed by atoms with Crippen LogP contribution < -0.4 is 21.3 Å². The third-order valence-corrected chi connectivity index (χ3v) is 5.77. The number of carbonyl (C=O) groups is 2. The molecule has 2 aromatic carbocycles. The predicted molar refractivity (Wildman–Crippen MR) is 136 cm³/mol. The molecule has 0 bridgehead atoms. The number of pyridine rings is 1. The third-order valence-electron chi connectivity index (χ3n) is 5.54. The Bertz CT molecular complexity index is 1430. The molecule has 0 radical (unpaired) electrons. The molecule has 3 aromatic rings. The normalized spacial score (nSPS) is 11.4. The Morgan fingerprint density at radius 3 is 2.59 bits per heavy atom. The largest absolute Gasteiger partial charge is 0.495 e. The number of ether oxygens (including phenoxy) is 2. The van der Waals surface area contributed by atoms with E-state index in [0.29, 0.717) is 22.8 Å². The van der Waals surface area contributed by atoms with Crippen molar-refractivity contribution in [3.05, 3.63) is 81.0 Å². The Morgan fingerprint density at radius 1 is 1.22 bits per heavy atom. The van der Waals surface area contributed by atoms with Crippen molar-refractivity contribution in [1.29, 1.82) is 5.26 Å². The number of nitrogens with two attached hydrogens (primary N) is 1. The van der Waals surface area contributed by atoms with Crippen molar-refractivity contribution in [2.45, 2.75) is 19.4 Å². The first-order valence-corrected chi connectivity index (χ1v) is 11.6. The standard InChI is InChI=1S/C26H24ClFN4O5/c1-3-37-9-8-22(26(35)31-17-6-7-18(25(30)34)21(28)11-17)32-14-23(36-2)20(12-24(32)33)19-10-16(27)5-4-15(19)13-29/h4-7,10-12,14,22H,3,8-9H2,1-2H3,(H2,30,34)(H,31,35). The lowest BCUT2D eigenvalue weighted by Crippen LogP contribution is -2.34. The van der Waals surface area contributed by atoms with Crippen LogP contribution in [0.5, 0.6) is 5.75 Å². The molecule has 3 N–H and O–H groups in total. The average molecular weight is 527 g/mol. The highest BCUT2D eigenvalue weighted by Crippen LogP contribution is 2.33. The van der Waals surface area contributed by atoms with Gasteiger partial charge in [0.1, 0.15) is 17.6 Å². The lowest BCUT2D eigenvalue weighted by molar-refractivity contribution is -0.119. The van der Waals surface area contributed by atoms with Crippen molar-refractivity contribution in [3.63, 3.8) is 0 Å². The summed E-state index contributed by atoms with van der Waals surface area (Å²) >= 11 is 6.12. The quantitative estimate of drug-likeness (QED) is 0.384. The number of aromatic nitrogens is 1. The van der Waals surface area contributed by atoms with E-state index in [2.05, 4.69) is 11.4 Å². The molecule has 1 unspecified atom stereocenters. The minimum Gasteiger partial charge on any atom is -0.495 e. The molecule has 0 saturated carbocycles. The summed E-state index contributed by atoms with van der Waals surface area (Å²) in [4.78, 5) is 37.8. The van der Waals surface area contributed by atoms with Gasteiger partial charge in [0.2, 0.25) is 5.91 Å². The van der Waals surface area contributed by atoms with E-state index < -0.39 is 29.2 Å². The highest BCUT2D eigenvalue weighted by Gasteiger charge is 2.24. The minimum absolute atomic E-state index is 0.0723. The summed E-state index contributed by atoms with van der Waals surface area (Å²) in [6.07, 6.45) is 1.48. The van der Waals surface area contributed by atoms with Gasteiger partial charge in [0.15, 0.2) is 0 Å². The number of amides is 2. The molecule has 0 fully saturated rings. The van der Waals surface area contributed by atoms with E-state index in [1.54, 1.807) is 19.1 Å². The second kappa shape index (κ2) is 12.2. The number of nitriles is 1. The molecule has 11 heteroatoms. The van der Waals surface area contributed by atoms with Crippen molar-refractivity contribution in [1.82, 2.24) is 4.57 Å². The SMILES string of the molecule is CCOCCC(C(=O)Nc1ccc(C(N)=O)c(F)c1)n1cc(OC)c(-c2cc(Cl)ccc2C#N)cc1=O. The van der Waals surface area contributed by atoms with Crippen LogP contribution >= 0.6 is 11.6 Å². The summed E-state index contributed by atoms with van der Waals surface area (Å²) < 4.78 is 26.3. The van der Waals surface area contributed by atoms with Gasteiger partial charge in [-0.05, 0) is 43.3 Å². The molecule has 0 aliphatic heterocycles. The summed E-state index contributed by atoms with van der Waals surface area (Å²) in [5.74, 6) is -2.23. The molecule has 3 rings (SSSR count). The molecule has 2 amide bonds. The predicted octanol–water partition coefficient (Wildman–Crippen LogP) is 3.89. The number of methoxy groups -OCH3 is 1. The van der Waals surface area contributed by atoms with E-state index >= 15 is 0 Å². The van der Waals surface area contributed by atoms with Crippen LogP contribution in [0.1, 0.15) is 35.3 Å². The van der Waals surface area contributed by atoms with Crippen LogP contribution in [0.15, 0.2) is 53.5 Å². The second-order valence-electron chi connectivity index (χ2n) is 7.85.